The van der Waals surface area contributed by atoms with Crippen molar-refractivity contribution in [1.29, 1.82) is 0 Å². The van der Waals surface area contributed by atoms with Crippen molar-refractivity contribution in [2.45, 2.75) is 25.6 Å². The van der Waals surface area contributed by atoms with E-state index in [0.29, 0.717) is 11.7 Å². The zero-order valence-electron chi connectivity index (χ0n) is 18.6. The molecule has 1 aliphatic rings. The van der Waals surface area contributed by atoms with E-state index in [2.05, 4.69) is 62.0 Å². The first kappa shape index (κ1) is 21.2. The van der Waals surface area contributed by atoms with E-state index in [1.807, 2.05) is 55.0 Å². The summed E-state index contributed by atoms with van der Waals surface area (Å²) in [5, 5.41) is 4.26. The van der Waals surface area contributed by atoms with Gasteiger partial charge in [-0.05, 0) is 85.4 Å². The van der Waals surface area contributed by atoms with Crippen LogP contribution in [0.25, 0.3) is 5.69 Å². The molecule has 0 radical (unpaired) electrons. The predicted molar refractivity (Wildman–Crippen MR) is 132 cm³/mol. The zero-order valence-corrected chi connectivity index (χ0v) is 19.4. The number of aromatic nitrogens is 3. The van der Waals surface area contributed by atoms with Crippen LogP contribution in [-0.2, 0) is 6.54 Å². The Hall–Kier alpha value is -3.71. The number of aryl methyl sites for hydroxylation is 1. The topological polar surface area (TPSA) is 55.2 Å². The second kappa shape index (κ2) is 9.03. The molecule has 0 unspecified atom stereocenters. The van der Waals surface area contributed by atoms with Gasteiger partial charge in [-0.3, -0.25) is 9.97 Å². The predicted octanol–water partition coefficient (Wildman–Crippen LogP) is 4.76. The average molecular weight is 456 g/mol. The van der Waals surface area contributed by atoms with Crippen LogP contribution in [0.2, 0.25) is 0 Å². The standard InChI is InChI=1S/C26H25N5OS/c1-18-6-11-23(31(18)20-7-9-21(32-2)10-8-20)25-24(22-5-3-4-14-28-22)29-26(33)30(25)17-19-12-15-27-16-13-19/h3-16,24-25H,17H2,1-2H3,(H,29,33)/t24-,25-/m1/s1. The van der Waals surface area contributed by atoms with Crippen LogP contribution in [0.4, 0.5) is 0 Å². The van der Waals surface area contributed by atoms with Gasteiger partial charge in [0.1, 0.15) is 5.75 Å². The minimum Gasteiger partial charge on any atom is -0.497 e. The average Bonchev–Trinajstić information content (AvgIpc) is 3.39. The molecule has 1 N–H and O–H groups in total. The fraction of sp³-hybridized carbons (Fsp3) is 0.192. The van der Waals surface area contributed by atoms with Gasteiger partial charge in [0.05, 0.1) is 24.9 Å². The van der Waals surface area contributed by atoms with E-state index < -0.39 is 0 Å². The number of nitrogens with zero attached hydrogens (tertiary/aromatic N) is 4. The van der Waals surface area contributed by atoms with Crippen molar-refractivity contribution in [3.05, 3.63) is 108 Å². The SMILES string of the molecule is COc1ccc(-n2c(C)ccc2[C@@H]2[C@@H](c3ccccn3)NC(=S)N2Cc2ccncc2)cc1. The van der Waals surface area contributed by atoms with Gasteiger partial charge in [0.2, 0.25) is 0 Å². The van der Waals surface area contributed by atoms with Crippen LogP contribution in [0.5, 0.6) is 5.75 Å². The van der Waals surface area contributed by atoms with E-state index in [4.69, 9.17) is 17.0 Å². The molecule has 7 heteroatoms. The molecule has 1 saturated heterocycles. The molecule has 33 heavy (non-hydrogen) atoms. The maximum atomic E-state index is 5.84. The highest BCUT2D eigenvalue weighted by molar-refractivity contribution is 7.80. The number of methoxy groups -OCH3 is 1. The molecule has 0 spiro atoms. The van der Waals surface area contributed by atoms with E-state index in [0.717, 1.165) is 34.1 Å². The summed E-state index contributed by atoms with van der Waals surface area (Å²) in [5.41, 5.74) is 5.49. The number of hydrogen-bond acceptors (Lipinski definition) is 4. The van der Waals surface area contributed by atoms with Crippen molar-refractivity contribution < 1.29 is 4.74 Å². The van der Waals surface area contributed by atoms with Crippen LogP contribution in [0.3, 0.4) is 0 Å². The first-order chi connectivity index (χ1) is 16.2. The Morgan fingerprint density at radius 3 is 2.45 bits per heavy atom. The summed E-state index contributed by atoms with van der Waals surface area (Å²) in [6, 6.07) is 22.4. The molecular formula is C26H25N5OS. The Morgan fingerprint density at radius 1 is 0.970 bits per heavy atom. The molecule has 1 fully saturated rings. The number of ether oxygens (including phenoxy) is 1. The lowest BCUT2D eigenvalue weighted by atomic mass is 10.0. The Morgan fingerprint density at radius 2 is 1.76 bits per heavy atom. The highest BCUT2D eigenvalue weighted by Crippen LogP contribution is 2.41. The van der Waals surface area contributed by atoms with Crippen LogP contribution in [-0.4, -0.2) is 31.7 Å². The number of hydrogen-bond donors (Lipinski definition) is 1. The number of nitrogens with one attached hydrogen (secondary N) is 1. The quantitative estimate of drug-likeness (QED) is 0.423. The van der Waals surface area contributed by atoms with Crippen LogP contribution < -0.4 is 10.1 Å². The Labute approximate surface area is 198 Å². The summed E-state index contributed by atoms with van der Waals surface area (Å²) >= 11 is 5.84. The number of pyridine rings is 2. The lowest BCUT2D eigenvalue weighted by molar-refractivity contribution is 0.302. The second-order valence-corrected chi connectivity index (χ2v) is 8.43. The number of rotatable bonds is 6. The molecule has 2 atom stereocenters. The molecule has 0 aliphatic carbocycles. The Balaban J connectivity index is 1.62. The fourth-order valence-corrected chi connectivity index (χ4v) is 4.76. The first-order valence-corrected chi connectivity index (χ1v) is 11.3. The largest absolute Gasteiger partial charge is 0.497 e. The van der Waals surface area contributed by atoms with E-state index in [9.17, 15) is 0 Å². The first-order valence-electron chi connectivity index (χ1n) is 10.9. The maximum Gasteiger partial charge on any atom is 0.170 e. The van der Waals surface area contributed by atoms with E-state index in [-0.39, 0.29) is 12.1 Å². The monoisotopic (exact) mass is 455 g/mol. The van der Waals surface area contributed by atoms with Gasteiger partial charge in [-0.15, -0.1) is 0 Å². The summed E-state index contributed by atoms with van der Waals surface area (Å²) in [6.07, 6.45) is 5.46. The van der Waals surface area contributed by atoms with E-state index in [1.165, 1.54) is 0 Å². The van der Waals surface area contributed by atoms with Crippen molar-refractivity contribution in [3.63, 3.8) is 0 Å². The van der Waals surface area contributed by atoms with Crippen LogP contribution in [0, 0.1) is 6.92 Å². The molecule has 6 nitrogen and oxygen atoms in total. The van der Waals surface area contributed by atoms with Gasteiger partial charge in [0.15, 0.2) is 5.11 Å². The van der Waals surface area contributed by atoms with Crippen LogP contribution in [0.15, 0.2) is 85.3 Å². The molecule has 0 bridgehead atoms. The van der Waals surface area contributed by atoms with Crippen LogP contribution >= 0.6 is 12.2 Å². The minimum absolute atomic E-state index is 0.0450. The summed E-state index contributed by atoms with van der Waals surface area (Å²) in [6.45, 7) is 2.80. The molecule has 5 rings (SSSR count). The van der Waals surface area contributed by atoms with Crippen molar-refractivity contribution in [1.82, 2.24) is 24.8 Å². The molecule has 4 aromatic rings. The third-order valence-electron chi connectivity index (χ3n) is 6.04. The number of benzene rings is 1. The molecule has 0 amide bonds. The lowest BCUT2D eigenvalue weighted by Crippen LogP contribution is -2.30. The summed E-state index contributed by atoms with van der Waals surface area (Å²) in [7, 11) is 1.68. The maximum absolute atomic E-state index is 5.84. The molecule has 0 saturated carbocycles. The van der Waals surface area contributed by atoms with Gasteiger partial charge in [-0.25, -0.2) is 0 Å². The molecule has 3 aromatic heterocycles. The van der Waals surface area contributed by atoms with Gasteiger partial charge in [0, 0.05) is 42.2 Å². The Kier molecular flexibility index (Phi) is 5.79. The fourth-order valence-electron chi connectivity index (χ4n) is 4.46. The van der Waals surface area contributed by atoms with Crippen molar-refractivity contribution in [2.75, 3.05) is 7.11 Å². The normalized spacial score (nSPS) is 17.8. The van der Waals surface area contributed by atoms with Crippen molar-refractivity contribution in [2.24, 2.45) is 0 Å². The second-order valence-electron chi connectivity index (χ2n) is 8.04. The lowest BCUT2D eigenvalue weighted by Gasteiger charge is -2.29. The third-order valence-corrected chi connectivity index (χ3v) is 6.39. The van der Waals surface area contributed by atoms with E-state index in [1.54, 1.807) is 7.11 Å². The zero-order chi connectivity index (χ0) is 22.8. The highest BCUT2D eigenvalue weighted by atomic mass is 32.1. The van der Waals surface area contributed by atoms with Crippen molar-refractivity contribution >= 4 is 17.3 Å². The molecule has 4 heterocycles. The summed E-state index contributed by atoms with van der Waals surface area (Å²) < 4.78 is 7.65. The van der Waals surface area contributed by atoms with Gasteiger partial charge in [-0.2, -0.15) is 0 Å². The highest BCUT2D eigenvalue weighted by Gasteiger charge is 2.41. The van der Waals surface area contributed by atoms with Gasteiger partial charge < -0.3 is 19.5 Å². The van der Waals surface area contributed by atoms with Crippen LogP contribution in [0.1, 0.15) is 34.7 Å². The molecular weight excluding hydrogens is 430 g/mol. The van der Waals surface area contributed by atoms with Crippen molar-refractivity contribution in [3.8, 4) is 11.4 Å². The summed E-state index contributed by atoms with van der Waals surface area (Å²) in [5.74, 6) is 0.833. The Bertz CT molecular complexity index is 1240. The number of thiocarbonyl (C=S) groups is 1. The molecule has 1 aliphatic heterocycles. The minimum atomic E-state index is -0.0770. The smallest absolute Gasteiger partial charge is 0.170 e. The molecule has 166 valence electrons. The van der Waals surface area contributed by atoms with Gasteiger partial charge in [0.25, 0.3) is 0 Å². The van der Waals surface area contributed by atoms with Gasteiger partial charge in [-0.1, -0.05) is 6.07 Å². The van der Waals surface area contributed by atoms with E-state index >= 15 is 0 Å². The molecule has 1 aromatic carbocycles. The van der Waals surface area contributed by atoms with Gasteiger partial charge >= 0.3 is 0 Å². The third kappa shape index (κ3) is 4.07. The summed E-state index contributed by atoms with van der Waals surface area (Å²) in [4.78, 5) is 11.1.